The molecule has 11 heavy (non-hydrogen) atoms. The van der Waals surface area contributed by atoms with E-state index in [4.69, 9.17) is 15.6 Å². The number of ether oxygens (including phenoxy) is 1. The predicted octanol–water partition coefficient (Wildman–Crippen LogP) is 0.144. The lowest BCUT2D eigenvalue weighted by Gasteiger charge is -2.01. The van der Waals surface area contributed by atoms with Gasteiger partial charge >= 0.3 is 0 Å². The highest BCUT2D eigenvalue weighted by Gasteiger charge is 2.08. The lowest BCUT2D eigenvalue weighted by atomic mass is 10.3. The van der Waals surface area contributed by atoms with Crippen molar-refractivity contribution in [3.63, 3.8) is 0 Å². The summed E-state index contributed by atoms with van der Waals surface area (Å²) in [5.74, 6) is 0. The van der Waals surface area contributed by atoms with Crippen LogP contribution in [0.25, 0.3) is 0 Å². The highest BCUT2D eigenvalue weighted by Crippen LogP contribution is 2.20. The third-order valence-electron chi connectivity index (χ3n) is 1.25. The Bertz CT molecular complexity index is 226. The van der Waals surface area contributed by atoms with Crippen molar-refractivity contribution < 1.29 is 9.84 Å². The van der Waals surface area contributed by atoms with Gasteiger partial charge in [0.05, 0.1) is 25.5 Å². The summed E-state index contributed by atoms with van der Waals surface area (Å²) < 4.78 is 4.86. The molecular formula is C6H10N2O2S. The van der Waals surface area contributed by atoms with Crippen molar-refractivity contribution in [3.8, 4) is 5.19 Å². The molecule has 0 radical (unpaired) electrons. The number of rotatable bonds is 3. The van der Waals surface area contributed by atoms with Crippen LogP contribution in [0.3, 0.4) is 0 Å². The van der Waals surface area contributed by atoms with Gasteiger partial charge in [-0.1, -0.05) is 11.3 Å². The standard InChI is InChI=1S/C6H10N2O2S/c1-10-6-8-5(3-11-6)4(7)2-9/h3-4,9H,2,7H2,1H3. The monoisotopic (exact) mass is 174 g/mol. The zero-order valence-corrected chi connectivity index (χ0v) is 6.97. The number of nitrogens with two attached hydrogens (primary N) is 1. The van der Waals surface area contributed by atoms with Crippen LogP contribution in [0.1, 0.15) is 11.7 Å². The van der Waals surface area contributed by atoms with Gasteiger partial charge in [0, 0.05) is 5.38 Å². The number of thiazole rings is 1. The van der Waals surface area contributed by atoms with Gasteiger partial charge in [0.15, 0.2) is 0 Å². The normalized spacial score (nSPS) is 13.0. The molecule has 0 aliphatic heterocycles. The Labute approximate surface area is 68.6 Å². The van der Waals surface area contributed by atoms with Gasteiger partial charge in [-0.25, -0.2) is 4.98 Å². The number of aliphatic hydroxyl groups excluding tert-OH is 1. The van der Waals surface area contributed by atoms with Gasteiger partial charge in [-0.3, -0.25) is 0 Å². The van der Waals surface area contributed by atoms with Crippen LogP contribution in [0.5, 0.6) is 5.19 Å². The topological polar surface area (TPSA) is 68.4 Å². The van der Waals surface area contributed by atoms with E-state index in [1.165, 1.54) is 11.3 Å². The van der Waals surface area contributed by atoms with Crippen molar-refractivity contribution >= 4 is 11.3 Å². The van der Waals surface area contributed by atoms with E-state index in [1.54, 1.807) is 12.5 Å². The molecule has 0 spiro atoms. The molecule has 1 rings (SSSR count). The minimum atomic E-state index is -0.393. The molecule has 0 aliphatic rings. The maximum absolute atomic E-state index is 8.67. The van der Waals surface area contributed by atoms with E-state index in [0.29, 0.717) is 10.9 Å². The molecule has 0 amide bonds. The van der Waals surface area contributed by atoms with E-state index in [9.17, 15) is 0 Å². The van der Waals surface area contributed by atoms with Gasteiger partial charge in [0.1, 0.15) is 0 Å². The van der Waals surface area contributed by atoms with E-state index in [2.05, 4.69) is 4.98 Å². The Morgan fingerprint density at radius 2 is 2.64 bits per heavy atom. The molecule has 0 aromatic carbocycles. The van der Waals surface area contributed by atoms with E-state index >= 15 is 0 Å². The number of hydrogen-bond acceptors (Lipinski definition) is 5. The summed E-state index contributed by atoms with van der Waals surface area (Å²) in [6.07, 6.45) is 0. The largest absolute Gasteiger partial charge is 0.473 e. The third-order valence-corrected chi connectivity index (χ3v) is 2.07. The smallest absolute Gasteiger partial charge is 0.273 e. The fourth-order valence-corrected chi connectivity index (χ4v) is 1.33. The van der Waals surface area contributed by atoms with Crippen molar-refractivity contribution in [2.75, 3.05) is 13.7 Å². The molecule has 0 aliphatic carbocycles. The second-order valence-corrected chi connectivity index (χ2v) is 2.85. The molecular weight excluding hydrogens is 164 g/mol. The predicted molar refractivity (Wildman–Crippen MR) is 42.7 cm³/mol. The highest BCUT2D eigenvalue weighted by atomic mass is 32.1. The summed E-state index contributed by atoms with van der Waals surface area (Å²) in [6, 6.07) is -0.393. The van der Waals surface area contributed by atoms with Crippen molar-refractivity contribution in [1.82, 2.24) is 4.98 Å². The van der Waals surface area contributed by atoms with E-state index in [-0.39, 0.29) is 6.61 Å². The summed E-state index contributed by atoms with van der Waals surface area (Å²) >= 11 is 1.37. The van der Waals surface area contributed by atoms with Crippen LogP contribution in [0.4, 0.5) is 0 Å². The summed E-state index contributed by atoms with van der Waals surface area (Å²) in [4.78, 5) is 4.01. The van der Waals surface area contributed by atoms with Gasteiger partial charge in [0.2, 0.25) is 0 Å². The lowest BCUT2D eigenvalue weighted by molar-refractivity contribution is 0.265. The Kier molecular flexibility index (Phi) is 2.81. The second-order valence-electron chi connectivity index (χ2n) is 2.03. The Hall–Kier alpha value is -0.650. The molecule has 1 atom stereocenters. The molecule has 0 saturated heterocycles. The van der Waals surface area contributed by atoms with E-state index < -0.39 is 6.04 Å². The second kappa shape index (κ2) is 3.66. The first-order valence-corrected chi connectivity index (χ1v) is 4.01. The molecule has 0 bridgehead atoms. The zero-order valence-electron chi connectivity index (χ0n) is 6.15. The summed E-state index contributed by atoms with van der Waals surface area (Å²) in [5.41, 5.74) is 6.18. The average molecular weight is 174 g/mol. The molecule has 4 nitrogen and oxygen atoms in total. The molecule has 62 valence electrons. The van der Waals surface area contributed by atoms with E-state index in [1.807, 2.05) is 0 Å². The Morgan fingerprint density at radius 1 is 1.91 bits per heavy atom. The van der Waals surface area contributed by atoms with Gasteiger partial charge < -0.3 is 15.6 Å². The summed E-state index contributed by atoms with van der Waals surface area (Å²) in [6.45, 7) is -0.0904. The van der Waals surface area contributed by atoms with Crippen LogP contribution < -0.4 is 10.5 Å². The Morgan fingerprint density at radius 3 is 3.09 bits per heavy atom. The molecule has 1 unspecified atom stereocenters. The zero-order chi connectivity index (χ0) is 8.27. The van der Waals surface area contributed by atoms with Crippen LogP contribution >= 0.6 is 11.3 Å². The number of nitrogens with zero attached hydrogens (tertiary/aromatic N) is 1. The van der Waals surface area contributed by atoms with Gasteiger partial charge in [-0.15, -0.1) is 0 Å². The number of methoxy groups -OCH3 is 1. The average Bonchev–Trinajstić information content (AvgIpc) is 2.50. The van der Waals surface area contributed by atoms with Crippen molar-refractivity contribution in [3.05, 3.63) is 11.1 Å². The lowest BCUT2D eigenvalue weighted by Crippen LogP contribution is -2.14. The number of hydrogen-bond donors (Lipinski definition) is 2. The fraction of sp³-hybridized carbons (Fsp3) is 0.500. The molecule has 5 heteroatoms. The maximum atomic E-state index is 8.67. The van der Waals surface area contributed by atoms with Gasteiger partial charge in [-0.2, -0.15) is 0 Å². The van der Waals surface area contributed by atoms with Crippen LogP contribution in [-0.2, 0) is 0 Å². The van der Waals surface area contributed by atoms with Crippen LogP contribution in [-0.4, -0.2) is 23.8 Å². The molecule has 1 heterocycles. The number of aliphatic hydroxyl groups is 1. The van der Waals surface area contributed by atoms with Crippen LogP contribution in [0.15, 0.2) is 5.38 Å². The minimum absolute atomic E-state index is 0.0904. The molecule has 0 fully saturated rings. The fourth-order valence-electron chi connectivity index (χ4n) is 0.626. The van der Waals surface area contributed by atoms with Crippen LogP contribution in [0, 0.1) is 0 Å². The highest BCUT2D eigenvalue weighted by molar-refractivity contribution is 7.11. The first-order valence-electron chi connectivity index (χ1n) is 3.13. The molecule has 3 N–H and O–H groups in total. The minimum Gasteiger partial charge on any atom is -0.473 e. The van der Waals surface area contributed by atoms with Crippen molar-refractivity contribution in [2.24, 2.45) is 5.73 Å². The van der Waals surface area contributed by atoms with Crippen molar-refractivity contribution in [2.45, 2.75) is 6.04 Å². The van der Waals surface area contributed by atoms with Gasteiger partial charge in [0.25, 0.3) is 5.19 Å². The first kappa shape index (κ1) is 8.45. The van der Waals surface area contributed by atoms with Gasteiger partial charge in [-0.05, 0) is 0 Å². The summed E-state index contributed by atoms with van der Waals surface area (Å²) in [7, 11) is 1.55. The molecule has 0 saturated carbocycles. The molecule has 1 aromatic rings. The Balaban J connectivity index is 2.71. The number of aromatic nitrogens is 1. The third kappa shape index (κ3) is 1.89. The van der Waals surface area contributed by atoms with Crippen LogP contribution in [0.2, 0.25) is 0 Å². The molecule has 1 aromatic heterocycles. The first-order chi connectivity index (χ1) is 5.27. The van der Waals surface area contributed by atoms with E-state index in [0.717, 1.165) is 0 Å². The van der Waals surface area contributed by atoms with Crippen molar-refractivity contribution in [1.29, 1.82) is 0 Å². The summed E-state index contributed by atoms with van der Waals surface area (Å²) in [5, 5.41) is 11.0. The quantitative estimate of drug-likeness (QED) is 0.684. The maximum Gasteiger partial charge on any atom is 0.273 e. The SMILES string of the molecule is COc1nc(C(N)CO)cs1.